The summed E-state index contributed by atoms with van der Waals surface area (Å²) in [5, 5.41) is 0. The van der Waals surface area contributed by atoms with Gasteiger partial charge in [0.2, 0.25) is 0 Å². The maximum atomic E-state index is 4.93. The Morgan fingerprint density at radius 2 is 0.849 bits per heavy atom. The first kappa shape index (κ1) is 55.1. The zero-order valence-corrected chi connectivity index (χ0v) is 43.9. The van der Waals surface area contributed by atoms with Crippen LogP contribution in [-0.4, -0.2) is 0 Å². The van der Waals surface area contributed by atoms with Crippen LogP contribution in [0.25, 0.3) is 0 Å². The molecule has 0 N–H and O–H groups in total. The molecule has 6 heteroatoms. The Kier molecular flexibility index (Phi) is 28.2. The summed E-state index contributed by atoms with van der Waals surface area (Å²) in [4.78, 5) is 0. The molecule has 7 rings (SSSR count). The summed E-state index contributed by atoms with van der Waals surface area (Å²) in [5.74, 6) is 10.9. The Hall–Kier alpha value is 2.15. The van der Waals surface area contributed by atoms with Gasteiger partial charge in [0.15, 0.2) is 0 Å². The van der Waals surface area contributed by atoms with Crippen LogP contribution in [0.4, 0.5) is 0 Å². The molecule has 0 radical (unpaired) electrons. The Labute approximate surface area is 370 Å². The van der Waals surface area contributed by atoms with Gasteiger partial charge in [-0.3, -0.25) is 0 Å². The van der Waals surface area contributed by atoms with E-state index in [1.165, 1.54) is 96.3 Å². The van der Waals surface area contributed by atoms with Crippen molar-refractivity contribution in [1.29, 1.82) is 0 Å². The fraction of sp³-hybridized carbons (Fsp3) is 0.787. The third-order valence-corrected chi connectivity index (χ3v) is 15.7. The fourth-order valence-electron chi connectivity index (χ4n) is 13.2. The zero-order valence-electron chi connectivity index (χ0n) is 36.0. The molecule has 0 aromatic heterocycles. The molecule has 0 bridgehead atoms. The standard InChI is InChI=1S/C23H34.C20H36.4CH3.4ClH.2Zr/c1-23(2,18-12-6-7-13-18)22-16-21(17-10-4-3-5-11-17)19-14-8-9-15-20(19)22;1-14(2)18-13-19(17-12-8-7-11-16(17)18)20(3,4)15-9-5-6-10-15;;;;;;;;;;/h3-5,10-11,18-22H,6-9,12-16H2,1-2H3;14-19H,5-13H2,1-4H3;4*1H3;4*1H;;/q;;4*-1;;;;;2*+4/p-4. The van der Waals surface area contributed by atoms with Crippen molar-refractivity contribution < 1.29 is 41.7 Å². The van der Waals surface area contributed by atoms with E-state index >= 15 is 0 Å². The zero-order chi connectivity index (χ0) is 35.6. The second kappa shape index (κ2) is 27.1. The van der Waals surface area contributed by atoms with Crippen LogP contribution in [0.3, 0.4) is 0 Å². The van der Waals surface area contributed by atoms with Crippen LogP contribution in [0.1, 0.15) is 169 Å². The molecule has 53 heavy (non-hydrogen) atoms. The molecular weight excluding hydrogens is 889 g/mol. The van der Waals surface area contributed by atoms with E-state index in [4.69, 9.17) is 34.1 Å². The predicted molar refractivity (Wildman–Crippen MR) is 235 cm³/mol. The van der Waals surface area contributed by atoms with E-state index in [1.807, 2.05) is 0 Å². The number of benzene rings is 1. The first-order chi connectivity index (χ1) is 23.5. The van der Waals surface area contributed by atoms with Crippen LogP contribution in [-0.2, 0) is 41.7 Å². The molecule has 6 fully saturated rings. The SMILES string of the molecule is CC(C)(C1CCCC1)C1CC(c2ccccc2)C2CCCCC21.CC(C)C1CC(C(C)(C)C2CCCC2)C2CCCCC12.[CH3-].[CH3-].[CH3-].[CH3-].[Cl][Zr+2][Cl].[Cl][Zr+2][Cl]. The van der Waals surface area contributed by atoms with Gasteiger partial charge in [0.25, 0.3) is 0 Å². The summed E-state index contributed by atoms with van der Waals surface area (Å²) >= 11 is -1.65. The van der Waals surface area contributed by atoms with Gasteiger partial charge in [-0.1, -0.05) is 123 Å². The number of halogens is 4. The topological polar surface area (TPSA) is 0 Å². The Morgan fingerprint density at radius 3 is 1.26 bits per heavy atom. The van der Waals surface area contributed by atoms with Gasteiger partial charge in [-0.15, -0.1) is 0 Å². The van der Waals surface area contributed by atoms with Gasteiger partial charge in [-0.25, -0.2) is 0 Å². The van der Waals surface area contributed by atoms with E-state index in [2.05, 4.69) is 71.9 Å². The molecule has 0 heterocycles. The monoisotopic (exact) mass is 966 g/mol. The summed E-state index contributed by atoms with van der Waals surface area (Å²) in [6.07, 6.45) is 27.1. The van der Waals surface area contributed by atoms with Crippen LogP contribution < -0.4 is 0 Å². The van der Waals surface area contributed by atoms with E-state index in [9.17, 15) is 0 Å². The molecular formula is C47H82Cl4Zr2. The third-order valence-electron chi connectivity index (χ3n) is 15.7. The molecule has 306 valence electrons. The minimum absolute atomic E-state index is 0. The van der Waals surface area contributed by atoms with Crippen molar-refractivity contribution in [2.24, 2.45) is 70.0 Å². The average Bonchev–Trinajstić information content (AvgIpc) is 3.92. The molecule has 6 aliphatic carbocycles. The summed E-state index contributed by atoms with van der Waals surface area (Å²) in [5.41, 5.74) is 2.80. The molecule has 0 aliphatic heterocycles. The minimum atomic E-state index is -0.826. The van der Waals surface area contributed by atoms with Crippen molar-refractivity contribution >= 4 is 34.1 Å². The van der Waals surface area contributed by atoms with Crippen LogP contribution in [0.2, 0.25) is 0 Å². The van der Waals surface area contributed by atoms with E-state index in [0.717, 1.165) is 65.1 Å². The molecule has 0 saturated heterocycles. The summed E-state index contributed by atoms with van der Waals surface area (Å²) in [7, 11) is 19.7. The van der Waals surface area contributed by atoms with Crippen molar-refractivity contribution in [2.75, 3.05) is 0 Å². The summed E-state index contributed by atoms with van der Waals surface area (Å²) < 4.78 is 0. The van der Waals surface area contributed by atoms with Gasteiger partial charge >= 0.3 is 75.7 Å². The Morgan fingerprint density at radius 1 is 0.509 bits per heavy atom. The number of hydrogen-bond acceptors (Lipinski definition) is 0. The van der Waals surface area contributed by atoms with Gasteiger partial charge in [0, 0.05) is 0 Å². The number of rotatable bonds is 6. The van der Waals surface area contributed by atoms with Crippen LogP contribution in [0.5, 0.6) is 0 Å². The molecule has 0 spiro atoms. The fourth-order valence-corrected chi connectivity index (χ4v) is 13.2. The Bertz CT molecular complexity index is 1050. The third kappa shape index (κ3) is 14.1. The van der Waals surface area contributed by atoms with Crippen LogP contribution >= 0.6 is 34.1 Å². The summed E-state index contributed by atoms with van der Waals surface area (Å²) in [6, 6.07) is 11.5. The van der Waals surface area contributed by atoms with Crippen molar-refractivity contribution in [3.05, 3.63) is 65.6 Å². The molecule has 1 aromatic carbocycles. The van der Waals surface area contributed by atoms with Crippen molar-refractivity contribution in [1.82, 2.24) is 0 Å². The number of hydrogen-bond donors (Lipinski definition) is 0. The molecule has 8 unspecified atom stereocenters. The molecule has 6 aliphatic rings. The quantitative estimate of drug-likeness (QED) is 0.249. The normalized spacial score (nSPS) is 30.6. The summed E-state index contributed by atoms with van der Waals surface area (Å²) in [6.45, 7) is 15.5. The van der Waals surface area contributed by atoms with Crippen molar-refractivity contribution in [2.45, 2.75) is 163 Å². The van der Waals surface area contributed by atoms with E-state index < -0.39 is 41.7 Å². The van der Waals surface area contributed by atoms with E-state index in [1.54, 1.807) is 24.8 Å². The molecule has 8 atom stereocenters. The average molecular weight is 971 g/mol. The van der Waals surface area contributed by atoms with Crippen LogP contribution in [0, 0.1) is 99.7 Å². The van der Waals surface area contributed by atoms with Gasteiger partial charge in [-0.2, -0.15) is 0 Å². The number of fused-ring (bicyclic) bond motifs is 2. The van der Waals surface area contributed by atoms with Gasteiger partial charge in [0.05, 0.1) is 0 Å². The van der Waals surface area contributed by atoms with Crippen molar-refractivity contribution in [3.63, 3.8) is 0 Å². The molecule has 0 nitrogen and oxygen atoms in total. The first-order valence-corrected chi connectivity index (χ1v) is 33.2. The molecule has 0 amide bonds. The molecule has 1 aromatic rings. The second-order valence-electron chi connectivity index (χ2n) is 18.6. The van der Waals surface area contributed by atoms with Crippen LogP contribution in [0.15, 0.2) is 30.3 Å². The Balaban J connectivity index is 0.000000839. The maximum absolute atomic E-state index is 4.93. The second-order valence-corrected chi connectivity index (χ2v) is 26.0. The van der Waals surface area contributed by atoms with Gasteiger partial charge in [0.1, 0.15) is 0 Å². The van der Waals surface area contributed by atoms with E-state index in [0.29, 0.717) is 10.8 Å². The van der Waals surface area contributed by atoms with Gasteiger partial charge in [-0.05, 0) is 146 Å². The first-order valence-electron chi connectivity index (χ1n) is 20.5. The molecule has 6 saturated carbocycles. The van der Waals surface area contributed by atoms with E-state index in [-0.39, 0.29) is 29.7 Å². The van der Waals surface area contributed by atoms with Gasteiger partial charge < -0.3 is 29.7 Å². The van der Waals surface area contributed by atoms with Crippen molar-refractivity contribution in [3.8, 4) is 0 Å². The predicted octanol–water partition coefficient (Wildman–Crippen LogP) is 17.7.